The van der Waals surface area contributed by atoms with Crippen LogP contribution in [0.5, 0.6) is 0 Å². The molecule has 0 radical (unpaired) electrons. The Morgan fingerprint density at radius 1 is 0.300 bits per heavy atom. The lowest BCUT2D eigenvalue weighted by Crippen LogP contribution is -2.30. The third-order valence-corrected chi connectivity index (χ3v) is 18.3. The van der Waals surface area contributed by atoms with Crippen molar-refractivity contribution in [2.75, 3.05) is 39.6 Å². The highest BCUT2D eigenvalue weighted by molar-refractivity contribution is 7.47. The molecule has 0 amide bonds. The van der Waals surface area contributed by atoms with Crippen LogP contribution in [0.4, 0.5) is 0 Å². The van der Waals surface area contributed by atoms with Crippen molar-refractivity contribution in [3.8, 4) is 0 Å². The predicted octanol–water partition coefficient (Wildman–Crippen LogP) is 20.2. The minimum absolute atomic E-state index is 0.104. The minimum Gasteiger partial charge on any atom is -0.462 e. The Balaban J connectivity index is 5.11. The molecule has 0 fully saturated rings. The van der Waals surface area contributed by atoms with E-state index in [1.807, 2.05) is 0 Å². The Labute approximate surface area is 549 Å². The molecule has 0 aromatic heterocycles. The molecular weight excluding hydrogens is 1190 g/mol. The Hall–Kier alpha value is -1.94. The first-order valence-corrected chi connectivity index (χ1v) is 39.8. The molecule has 0 heterocycles. The number of carbonyl (C=O) groups is 4. The van der Waals surface area contributed by atoms with Gasteiger partial charge in [0.1, 0.15) is 19.3 Å². The topological polar surface area (TPSA) is 237 Å². The maximum absolute atomic E-state index is 13.0. The highest BCUT2D eigenvalue weighted by atomic mass is 31.2. The predicted molar refractivity (Wildman–Crippen MR) is 363 cm³/mol. The number of unbranched alkanes of at least 4 members (excludes halogenated alkanes) is 37. The van der Waals surface area contributed by atoms with Crippen molar-refractivity contribution in [1.29, 1.82) is 0 Å². The van der Waals surface area contributed by atoms with Gasteiger partial charge in [0.15, 0.2) is 12.2 Å². The Morgan fingerprint density at radius 3 is 0.756 bits per heavy atom. The Morgan fingerprint density at radius 2 is 0.511 bits per heavy atom. The van der Waals surface area contributed by atoms with Gasteiger partial charge in [0.05, 0.1) is 26.4 Å². The number of phosphoric acid groups is 2. The van der Waals surface area contributed by atoms with Gasteiger partial charge in [0.25, 0.3) is 0 Å². The molecule has 0 rings (SSSR count). The van der Waals surface area contributed by atoms with Crippen LogP contribution in [0.15, 0.2) is 0 Å². The molecule has 0 bridgehead atoms. The summed E-state index contributed by atoms with van der Waals surface area (Å²) in [5.41, 5.74) is 0. The number of hydrogen-bond donors (Lipinski definition) is 3. The van der Waals surface area contributed by atoms with E-state index in [4.69, 9.17) is 37.0 Å². The standard InChI is InChI=1S/C71H138O17P2/c1-8-9-10-35-45-52-68(73)81-58-66(87-71(76)55-48-41-34-28-22-25-31-38-44-51-64(6)7)60-85-89(77,78)83-56-65(72)57-84-90(79,80)86-61-67(59-82-69(74)53-46-39-32-27-21-24-30-37-43-50-63(4)5)88-70(75)54-47-40-33-26-20-18-16-14-12-11-13-15-17-19-23-29-36-42-49-62(2)3/h62-67,72H,8-61H2,1-7H3,(H,77,78)(H,79,80)/t65-,66+,67+/m0/s1. The number of esters is 4. The van der Waals surface area contributed by atoms with E-state index in [1.165, 1.54) is 161 Å². The van der Waals surface area contributed by atoms with Crippen molar-refractivity contribution >= 4 is 39.5 Å². The molecule has 0 aliphatic rings. The van der Waals surface area contributed by atoms with Gasteiger partial charge in [-0.25, -0.2) is 9.13 Å². The number of carbonyl (C=O) groups excluding carboxylic acids is 4. The summed E-state index contributed by atoms with van der Waals surface area (Å²) in [5.74, 6) is 0.163. The van der Waals surface area contributed by atoms with E-state index in [2.05, 4.69) is 48.5 Å². The van der Waals surface area contributed by atoms with Gasteiger partial charge < -0.3 is 33.8 Å². The zero-order chi connectivity index (χ0) is 66.6. The average molecular weight is 1330 g/mol. The van der Waals surface area contributed by atoms with Gasteiger partial charge in [-0.2, -0.15) is 0 Å². The zero-order valence-electron chi connectivity index (χ0n) is 58.6. The van der Waals surface area contributed by atoms with Gasteiger partial charge in [-0.3, -0.25) is 37.3 Å². The van der Waals surface area contributed by atoms with E-state index >= 15 is 0 Å². The van der Waals surface area contributed by atoms with E-state index < -0.39 is 97.5 Å². The van der Waals surface area contributed by atoms with Crippen LogP contribution in [0.3, 0.4) is 0 Å². The normalized spacial score (nSPS) is 14.2. The molecule has 0 aliphatic carbocycles. The lowest BCUT2D eigenvalue weighted by Gasteiger charge is -2.21. The van der Waals surface area contributed by atoms with Crippen LogP contribution in [0.25, 0.3) is 0 Å². The molecule has 0 aromatic rings. The summed E-state index contributed by atoms with van der Waals surface area (Å²) in [4.78, 5) is 72.3. The SMILES string of the molecule is CCCCCCCC(=O)OC[C@H](COP(=O)(O)OC[C@H](O)COP(=O)(O)OC[C@@H](COC(=O)CCCCCCCCCCCC(C)C)OC(=O)CCCCCCCCCCCCCCCCCCCCC(C)C)OC(=O)CCCCCCCCCCCC(C)C. The van der Waals surface area contributed by atoms with Gasteiger partial charge in [-0.15, -0.1) is 0 Å². The van der Waals surface area contributed by atoms with Crippen molar-refractivity contribution in [3.63, 3.8) is 0 Å². The number of rotatable bonds is 69. The molecule has 0 saturated carbocycles. The average Bonchev–Trinajstić information content (AvgIpc) is 2.44. The molecule has 17 nitrogen and oxygen atoms in total. The number of aliphatic hydroxyl groups excluding tert-OH is 1. The number of ether oxygens (including phenoxy) is 4. The fourth-order valence-electron chi connectivity index (χ4n) is 10.7. The van der Waals surface area contributed by atoms with Crippen LogP contribution in [-0.2, 0) is 65.4 Å². The molecule has 534 valence electrons. The first-order chi connectivity index (χ1) is 43.2. The fraction of sp³-hybridized carbons (Fsp3) is 0.944. The maximum atomic E-state index is 13.0. The van der Waals surface area contributed by atoms with Crippen molar-refractivity contribution in [2.24, 2.45) is 17.8 Å². The van der Waals surface area contributed by atoms with Crippen LogP contribution in [-0.4, -0.2) is 96.7 Å². The van der Waals surface area contributed by atoms with Crippen LogP contribution >= 0.6 is 15.6 Å². The summed E-state index contributed by atoms with van der Waals surface area (Å²) in [6, 6.07) is 0. The molecule has 0 aromatic carbocycles. The fourth-order valence-corrected chi connectivity index (χ4v) is 12.3. The molecule has 90 heavy (non-hydrogen) atoms. The lowest BCUT2D eigenvalue weighted by molar-refractivity contribution is -0.161. The van der Waals surface area contributed by atoms with E-state index in [0.717, 1.165) is 114 Å². The van der Waals surface area contributed by atoms with Gasteiger partial charge in [-0.05, 0) is 43.4 Å². The Kier molecular flexibility index (Phi) is 60.6. The number of aliphatic hydroxyl groups is 1. The first kappa shape index (κ1) is 88.1. The van der Waals surface area contributed by atoms with Crippen LogP contribution in [0.2, 0.25) is 0 Å². The molecule has 5 atom stereocenters. The highest BCUT2D eigenvalue weighted by Crippen LogP contribution is 2.45. The smallest absolute Gasteiger partial charge is 0.462 e. The summed E-state index contributed by atoms with van der Waals surface area (Å²) < 4.78 is 68.1. The van der Waals surface area contributed by atoms with Gasteiger partial charge in [0.2, 0.25) is 0 Å². The lowest BCUT2D eigenvalue weighted by atomic mass is 10.0. The van der Waals surface area contributed by atoms with Gasteiger partial charge in [0, 0.05) is 25.7 Å². The minimum atomic E-state index is -4.95. The van der Waals surface area contributed by atoms with Crippen LogP contribution in [0.1, 0.15) is 357 Å². The quantitative estimate of drug-likeness (QED) is 0.0222. The Bertz CT molecular complexity index is 1770. The van der Waals surface area contributed by atoms with E-state index in [1.54, 1.807) is 0 Å². The highest BCUT2D eigenvalue weighted by Gasteiger charge is 2.30. The number of hydrogen-bond acceptors (Lipinski definition) is 15. The summed E-state index contributed by atoms with van der Waals surface area (Å²) in [7, 11) is -9.89. The van der Waals surface area contributed by atoms with Crippen molar-refractivity contribution in [2.45, 2.75) is 375 Å². The van der Waals surface area contributed by atoms with Crippen molar-refractivity contribution in [1.82, 2.24) is 0 Å². The molecule has 19 heteroatoms. The van der Waals surface area contributed by atoms with E-state index in [-0.39, 0.29) is 25.7 Å². The van der Waals surface area contributed by atoms with Crippen molar-refractivity contribution in [3.05, 3.63) is 0 Å². The molecule has 0 spiro atoms. The van der Waals surface area contributed by atoms with Crippen LogP contribution in [0, 0.1) is 17.8 Å². The summed E-state index contributed by atoms with van der Waals surface area (Å²) in [6.07, 6.45) is 46.4. The van der Waals surface area contributed by atoms with E-state index in [9.17, 15) is 43.2 Å². The first-order valence-electron chi connectivity index (χ1n) is 36.8. The van der Waals surface area contributed by atoms with Crippen molar-refractivity contribution < 1.29 is 80.2 Å². The largest absolute Gasteiger partial charge is 0.472 e. The third-order valence-electron chi connectivity index (χ3n) is 16.4. The molecule has 0 saturated heterocycles. The number of phosphoric ester groups is 2. The molecular formula is C71H138O17P2. The summed E-state index contributed by atoms with van der Waals surface area (Å²) >= 11 is 0. The van der Waals surface area contributed by atoms with Crippen LogP contribution < -0.4 is 0 Å². The van der Waals surface area contributed by atoms with Gasteiger partial charge in [-0.1, -0.05) is 305 Å². The molecule has 2 unspecified atom stereocenters. The molecule has 0 aliphatic heterocycles. The second kappa shape index (κ2) is 61.9. The van der Waals surface area contributed by atoms with Gasteiger partial charge >= 0.3 is 39.5 Å². The second-order valence-corrected chi connectivity index (χ2v) is 30.0. The molecule has 3 N–H and O–H groups in total. The summed E-state index contributed by atoms with van der Waals surface area (Å²) in [6.45, 7) is 11.8. The summed E-state index contributed by atoms with van der Waals surface area (Å²) in [5, 5.41) is 10.6. The zero-order valence-corrected chi connectivity index (χ0v) is 60.4. The van der Waals surface area contributed by atoms with E-state index in [0.29, 0.717) is 25.7 Å². The second-order valence-electron chi connectivity index (χ2n) is 27.1. The maximum Gasteiger partial charge on any atom is 0.472 e. The monoisotopic (exact) mass is 1320 g/mol. The third kappa shape index (κ3) is 64.8.